The Morgan fingerprint density at radius 1 is 1.10 bits per heavy atom. The molecule has 0 aromatic heterocycles. The van der Waals surface area contributed by atoms with E-state index in [0.717, 1.165) is 44.6 Å². The number of piperazine rings is 1. The molecule has 1 aliphatic carbocycles. The molecule has 0 atom stereocenters. The van der Waals surface area contributed by atoms with Gasteiger partial charge < -0.3 is 4.90 Å². The third-order valence-corrected chi connectivity index (χ3v) is 4.89. The average Bonchev–Trinajstić information content (AvgIpc) is 3.29. The molecule has 1 aliphatic heterocycles. The molecule has 0 spiro atoms. The van der Waals surface area contributed by atoms with E-state index in [1.807, 2.05) is 4.90 Å². The summed E-state index contributed by atoms with van der Waals surface area (Å²) in [6.45, 7) is 7.89. The van der Waals surface area contributed by atoms with E-state index in [1.54, 1.807) is 12.1 Å². The lowest BCUT2D eigenvalue weighted by Gasteiger charge is -2.38. The highest BCUT2D eigenvalue weighted by Crippen LogP contribution is 2.49. The summed E-state index contributed by atoms with van der Waals surface area (Å²) < 4.78 is 13.1. The van der Waals surface area contributed by atoms with E-state index in [0.29, 0.717) is 6.04 Å². The molecule has 0 bridgehead atoms. The van der Waals surface area contributed by atoms with Gasteiger partial charge in [-0.1, -0.05) is 12.1 Å². The molecule has 0 radical (unpaired) electrons. The summed E-state index contributed by atoms with van der Waals surface area (Å²) in [5.74, 6) is -0.00920. The van der Waals surface area contributed by atoms with E-state index in [1.165, 1.54) is 12.1 Å². The van der Waals surface area contributed by atoms with Crippen molar-refractivity contribution in [3.63, 3.8) is 0 Å². The Bertz CT molecular complexity index is 514. The SMILES string of the molecule is CC(C)N1CCN(C(=O)C2(c3ccc(F)cc3)CC2)CC1. The van der Waals surface area contributed by atoms with Crippen LogP contribution in [0.1, 0.15) is 32.3 Å². The van der Waals surface area contributed by atoms with Crippen molar-refractivity contribution >= 4 is 5.91 Å². The minimum absolute atomic E-state index is 0.234. The predicted octanol–water partition coefficient (Wildman–Crippen LogP) is 2.41. The van der Waals surface area contributed by atoms with Crippen LogP contribution < -0.4 is 0 Å². The quantitative estimate of drug-likeness (QED) is 0.853. The average molecular weight is 290 g/mol. The number of hydrogen-bond acceptors (Lipinski definition) is 2. The molecule has 21 heavy (non-hydrogen) atoms. The Labute approximate surface area is 125 Å². The minimum atomic E-state index is -0.367. The number of hydrogen-bond donors (Lipinski definition) is 0. The van der Waals surface area contributed by atoms with Crippen LogP contribution in [0.3, 0.4) is 0 Å². The predicted molar refractivity (Wildman–Crippen MR) is 80.6 cm³/mol. The van der Waals surface area contributed by atoms with Gasteiger partial charge in [-0.2, -0.15) is 0 Å². The first-order valence-electron chi connectivity index (χ1n) is 7.82. The first-order chi connectivity index (χ1) is 10.0. The number of carbonyl (C=O) groups is 1. The van der Waals surface area contributed by atoms with Crippen LogP contribution in [0.15, 0.2) is 24.3 Å². The van der Waals surface area contributed by atoms with E-state index < -0.39 is 0 Å². The molecule has 1 aromatic carbocycles. The summed E-state index contributed by atoms with van der Waals surface area (Å²) in [7, 11) is 0. The fraction of sp³-hybridized carbons (Fsp3) is 0.588. The standard InChI is InChI=1S/C17H23FN2O/c1-13(2)19-9-11-20(12-10-19)16(21)17(7-8-17)14-3-5-15(18)6-4-14/h3-6,13H,7-12H2,1-2H3. The molecule has 0 unspecified atom stereocenters. The molecule has 1 saturated carbocycles. The van der Waals surface area contributed by atoms with Crippen LogP contribution in [0.2, 0.25) is 0 Å². The zero-order valence-corrected chi connectivity index (χ0v) is 12.8. The summed E-state index contributed by atoms with van der Waals surface area (Å²) in [5, 5.41) is 0. The maximum atomic E-state index is 13.1. The fourth-order valence-electron chi connectivity index (χ4n) is 3.26. The number of rotatable bonds is 3. The van der Waals surface area contributed by atoms with Crippen LogP contribution in [0.5, 0.6) is 0 Å². The lowest BCUT2D eigenvalue weighted by molar-refractivity contribution is -0.136. The summed E-state index contributed by atoms with van der Waals surface area (Å²) in [6, 6.07) is 6.99. The van der Waals surface area contributed by atoms with E-state index in [9.17, 15) is 9.18 Å². The molecular weight excluding hydrogens is 267 g/mol. The van der Waals surface area contributed by atoms with Gasteiger partial charge in [0.2, 0.25) is 5.91 Å². The van der Waals surface area contributed by atoms with Crippen molar-refractivity contribution in [2.45, 2.75) is 38.1 Å². The van der Waals surface area contributed by atoms with E-state index in [-0.39, 0.29) is 17.1 Å². The van der Waals surface area contributed by atoms with Crippen molar-refractivity contribution in [1.29, 1.82) is 0 Å². The van der Waals surface area contributed by atoms with Crippen LogP contribution in [0.4, 0.5) is 4.39 Å². The monoisotopic (exact) mass is 290 g/mol. The first kappa shape index (κ1) is 14.5. The maximum absolute atomic E-state index is 13.1. The van der Waals surface area contributed by atoms with Crippen LogP contribution in [0.25, 0.3) is 0 Å². The Kier molecular flexibility index (Phi) is 3.74. The van der Waals surface area contributed by atoms with Gasteiger partial charge in [-0.05, 0) is 44.4 Å². The summed E-state index contributed by atoms with van der Waals surface area (Å²) in [5.41, 5.74) is 0.605. The lowest BCUT2D eigenvalue weighted by atomic mass is 9.94. The Morgan fingerprint density at radius 2 is 1.67 bits per heavy atom. The van der Waals surface area contributed by atoms with Gasteiger partial charge in [-0.25, -0.2) is 4.39 Å². The van der Waals surface area contributed by atoms with Gasteiger partial charge >= 0.3 is 0 Å². The van der Waals surface area contributed by atoms with Crippen LogP contribution >= 0.6 is 0 Å². The molecule has 2 aliphatic rings. The second kappa shape index (κ2) is 5.41. The van der Waals surface area contributed by atoms with Gasteiger partial charge in [0.1, 0.15) is 5.82 Å². The Morgan fingerprint density at radius 3 is 2.14 bits per heavy atom. The molecule has 1 heterocycles. The van der Waals surface area contributed by atoms with Gasteiger partial charge in [0.25, 0.3) is 0 Å². The number of nitrogens with zero attached hydrogens (tertiary/aromatic N) is 2. The Hall–Kier alpha value is -1.42. The van der Waals surface area contributed by atoms with Gasteiger partial charge in [0, 0.05) is 32.2 Å². The van der Waals surface area contributed by atoms with Crippen molar-refractivity contribution in [3.05, 3.63) is 35.6 Å². The zero-order chi connectivity index (χ0) is 15.0. The zero-order valence-electron chi connectivity index (χ0n) is 12.8. The van der Waals surface area contributed by atoms with Crippen molar-refractivity contribution in [2.24, 2.45) is 0 Å². The van der Waals surface area contributed by atoms with E-state index >= 15 is 0 Å². The molecule has 1 amide bonds. The van der Waals surface area contributed by atoms with Crippen LogP contribution in [0, 0.1) is 5.82 Å². The fourth-order valence-corrected chi connectivity index (χ4v) is 3.26. The van der Waals surface area contributed by atoms with Crippen molar-refractivity contribution < 1.29 is 9.18 Å². The summed E-state index contributed by atoms with van der Waals surface area (Å²) in [6.07, 6.45) is 1.78. The van der Waals surface area contributed by atoms with Gasteiger partial charge in [-0.15, -0.1) is 0 Å². The van der Waals surface area contributed by atoms with Gasteiger partial charge in [0.15, 0.2) is 0 Å². The van der Waals surface area contributed by atoms with Crippen LogP contribution in [-0.4, -0.2) is 47.9 Å². The molecule has 1 aromatic rings. The second-order valence-electron chi connectivity index (χ2n) is 6.51. The van der Waals surface area contributed by atoms with Crippen molar-refractivity contribution in [3.8, 4) is 0 Å². The van der Waals surface area contributed by atoms with Gasteiger partial charge in [0.05, 0.1) is 5.41 Å². The largest absolute Gasteiger partial charge is 0.339 e. The van der Waals surface area contributed by atoms with Crippen molar-refractivity contribution in [1.82, 2.24) is 9.80 Å². The van der Waals surface area contributed by atoms with E-state index in [4.69, 9.17) is 0 Å². The van der Waals surface area contributed by atoms with E-state index in [2.05, 4.69) is 18.7 Å². The topological polar surface area (TPSA) is 23.6 Å². The molecule has 2 fully saturated rings. The highest BCUT2D eigenvalue weighted by Gasteiger charge is 2.53. The molecule has 0 N–H and O–H groups in total. The molecular formula is C17H23FN2O. The normalized spacial score (nSPS) is 21.6. The summed E-state index contributed by atoms with van der Waals surface area (Å²) in [4.78, 5) is 17.3. The van der Waals surface area contributed by atoms with Crippen LogP contribution in [-0.2, 0) is 10.2 Å². The number of amides is 1. The molecule has 3 nitrogen and oxygen atoms in total. The number of carbonyl (C=O) groups excluding carboxylic acids is 1. The highest BCUT2D eigenvalue weighted by atomic mass is 19.1. The number of halogens is 1. The molecule has 3 rings (SSSR count). The third-order valence-electron chi connectivity index (χ3n) is 4.89. The second-order valence-corrected chi connectivity index (χ2v) is 6.51. The maximum Gasteiger partial charge on any atom is 0.233 e. The molecule has 4 heteroatoms. The number of benzene rings is 1. The van der Waals surface area contributed by atoms with Gasteiger partial charge in [-0.3, -0.25) is 9.69 Å². The Balaban J connectivity index is 1.70. The first-order valence-corrected chi connectivity index (χ1v) is 7.82. The summed E-state index contributed by atoms with van der Waals surface area (Å²) >= 11 is 0. The molecule has 1 saturated heterocycles. The van der Waals surface area contributed by atoms with Crippen molar-refractivity contribution in [2.75, 3.05) is 26.2 Å². The minimum Gasteiger partial charge on any atom is -0.339 e. The smallest absolute Gasteiger partial charge is 0.233 e. The lowest BCUT2D eigenvalue weighted by Crippen LogP contribution is -2.53. The molecule has 114 valence electrons. The third kappa shape index (κ3) is 2.69. The highest BCUT2D eigenvalue weighted by molar-refractivity contribution is 5.91.